The van der Waals surface area contributed by atoms with E-state index in [2.05, 4.69) is 4.72 Å². The highest BCUT2D eigenvalue weighted by Crippen LogP contribution is 2.24. The molecule has 0 aromatic heterocycles. The van der Waals surface area contributed by atoms with Gasteiger partial charge < -0.3 is 10.8 Å². The first-order valence-corrected chi connectivity index (χ1v) is 7.48. The number of hydrogen-bond acceptors (Lipinski definition) is 4. The molecule has 0 unspecified atom stereocenters. The van der Waals surface area contributed by atoms with Gasteiger partial charge in [-0.15, -0.1) is 0 Å². The molecule has 19 heavy (non-hydrogen) atoms. The van der Waals surface area contributed by atoms with E-state index in [4.69, 9.17) is 5.73 Å². The summed E-state index contributed by atoms with van der Waals surface area (Å²) in [6.45, 7) is 8.13. The summed E-state index contributed by atoms with van der Waals surface area (Å²) in [5, 5.41) is 10.0. The van der Waals surface area contributed by atoms with E-state index in [0.717, 1.165) is 0 Å². The van der Waals surface area contributed by atoms with Crippen LogP contribution in [0.25, 0.3) is 0 Å². The predicted octanol–water partition coefficient (Wildman–Crippen LogP) is 1.41. The first kappa shape index (κ1) is 15.9. The van der Waals surface area contributed by atoms with Crippen LogP contribution >= 0.6 is 0 Å². The van der Waals surface area contributed by atoms with Crippen molar-refractivity contribution in [1.82, 2.24) is 4.72 Å². The van der Waals surface area contributed by atoms with Crippen molar-refractivity contribution in [2.75, 3.05) is 5.73 Å². The Morgan fingerprint density at radius 1 is 1.21 bits per heavy atom. The standard InChI is InChI=1S/C13H22N2O3S/c1-9-8-10(6-7-11(9)14)19(17,18)15-12(2,3)13(4,5)16/h6-8,15-16H,14H2,1-5H3. The van der Waals surface area contributed by atoms with E-state index < -0.39 is 21.2 Å². The smallest absolute Gasteiger partial charge is 0.241 e. The number of hydrogen-bond donors (Lipinski definition) is 3. The van der Waals surface area contributed by atoms with Gasteiger partial charge in [0, 0.05) is 5.69 Å². The van der Waals surface area contributed by atoms with E-state index in [0.29, 0.717) is 11.3 Å². The van der Waals surface area contributed by atoms with E-state index in [9.17, 15) is 13.5 Å². The number of rotatable bonds is 4. The third-order valence-electron chi connectivity index (χ3n) is 3.47. The van der Waals surface area contributed by atoms with E-state index in [-0.39, 0.29) is 4.90 Å². The third kappa shape index (κ3) is 3.46. The van der Waals surface area contributed by atoms with Gasteiger partial charge in [-0.05, 0) is 58.4 Å². The molecule has 6 heteroatoms. The van der Waals surface area contributed by atoms with Crippen molar-refractivity contribution >= 4 is 15.7 Å². The number of benzene rings is 1. The van der Waals surface area contributed by atoms with Gasteiger partial charge in [-0.25, -0.2) is 13.1 Å². The minimum Gasteiger partial charge on any atom is -0.399 e. The first-order chi connectivity index (χ1) is 8.37. The maximum atomic E-state index is 12.3. The van der Waals surface area contributed by atoms with Gasteiger partial charge in [0.25, 0.3) is 0 Å². The summed E-state index contributed by atoms with van der Waals surface area (Å²) in [7, 11) is -3.71. The third-order valence-corrected chi connectivity index (χ3v) is 5.12. The van der Waals surface area contributed by atoms with Crippen LogP contribution in [0, 0.1) is 6.92 Å². The number of nitrogens with two attached hydrogens (primary N) is 1. The molecule has 0 radical (unpaired) electrons. The van der Waals surface area contributed by atoms with Gasteiger partial charge in [0.05, 0.1) is 16.0 Å². The van der Waals surface area contributed by atoms with Crippen molar-refractivity contribution in [2.45, 2.75) is 50.7 Å². The van der Waals surface area contributed by atoms with Crippen LogP contribution in [-0.4, -0.2) is 24.7 Å². The molecule has 0 aliphatic carbocycles. The number of sulfonamides is 1. The molecule has 0 bridgehead atoms. The fourth-order valence-electron chi connectivity index (χ4n) is 1.34. The monoisotopic (exact) mass is 286 g/mol. The second-order valence-electron chi connectivity index (χ2n) is 5.81. The van der Waals surface area contributed by atoms with E-state index in [1.165, 1.54) is 12.1 Å². The Kier molecular flexibility index (Phi) is 4.01. The van der Waals surface area contributed by atoms with Crippen LogP contribution in [0.5, 0.6) is 0 Å². The Morgan fingerprint density at radius 2 is 1.74 bits per heavy atom. The maximum absolute atomic E-state index is 12.3. The molecule has 0 saturated carbocycles. The molecule has 0 amide bonds. The summed E-state index contributed by atoms with van der Waals surface area (Å²) in [6, 6.07) is 4.52. The molecule has 0 heterocycles. The van der Waals surface area contributed by atoms with Crippen molar-refractivity contribution in [1.29, 1.82) is 0 Å². The topological polar surface area (TPSA) is 92.4 Å². The van der Waals surface area contributed by atoms with Gasteiger partial charge in [-0.1, -0.05) is 0 Å². The van der Waals surface area contributed by atoms with Gasteiger partial charge >= 0.3 is 0 Å². The molecule has 0 atom stereocenters. The van der Waals surface area contributed by atoms with Crippen molar-refractivity contribution in [3.63, 3.8) is 0 Å². The lowest BCUT2D eigenvalue weighted by Gasteiger charge is -2.37. The number of anilines is 1. The Balaban J connectivity index is 3.16. The Labute approximate surface area is 114 Å². The molecule has 4 N–H and O–H groups in total. The molecule has 1 rings (SSSR count). The molecule has 0 spiro atoms. The lowest BCUT2D eigenvalue weighted by atomic mass is 9.87. The zero-order valence-electron chi connectivity index (χ0n) is 12.0. The highest BCUT2D eigenvalue weighted by Gasteiger charge is 2.38. The Morgan fingerprint density at radius 3 is 2.16 bits per heavy atom. The highest BCUT2D eigenvalue weighted by molar-refractivity contribution is 7.89. The van der Waals surface area contributed by atoms with Crippen LogP contribution in [0.15, 0.2) is 23.1 Å². The van der Waals surface area contributed by atoms with Crippen LogP contribution in [-0.2, 0) is 10.0 Å². The summed E-state index contributed by atoms with van der Waals surface area (Å²) in [4.78, 5) is 0.136. The lowest BCUT2D eigenvalue weighted by molar-refractivity contribution is 0.00639. The molecular formula is C13H22N2O3S. The van der Waals surface area contributed by atoms with Crippen LogP contribution in [0.1, 0.15) is 33.3 Å². The summed E-state index contributed by atoms with van der Waals surface area (Å²) in [5.41, 5.74) is 4.72. The second kappa shape index (κ2) is 4.77. The van der Waals surface area contributed by atoms with Crippen molar-refractivity contribution in [3.05, 3.63) is 23.8 Å². The fourth-order valence-corrected chi connectivity index (χ4v) is 2.95. The zero-order valence-corrected chi connectivity index (χ0v) is 12.8. The molecular weight excluding hydrogens is 264 g/mol. The van der Waals surface area contributed by atoms with Gasteiger partial charge in [-0.2, -0.15) is 0 Å². The van der Waals surface area contributed by atoms with Crippen LogP contribution in [0.3, 0.4) is 0 Å². The number of aliphatic hydroxyl groups is 1. The molecule has 1 aromatic rings. The van der Waals surface area contributed by atoms with Gasteiger partial charge in [0.2, 0.25) is 10.0 Å². The molecule has 0 aliphatic rings. The van der Waals surface area contributed by atoms with E-state index in [1.807, 2.05) is 0 Å². The van der Waals surface area contributed by atoms with Gasteiger partial charge in [0.15, 0.2) is 0 Å². The summed E-state index contributed by atoms with van der Waals surface area (Å²) < 4.78 is 27.1. The minimum atomic E-state index is -3.71. The summed E-state index contributed by atoms with van der Waals surface area (Å²) in [6.07, 6.45) is 0. The summed E-state index contributed by atoms with van der Waals surface area (Å²) >= 11 is 0. The van der Waals surface area contributed by atoms with Crippen LogP contribution in [0.2, 0.25) is 0 Å². The van der Waals surface area contributed by atoms with Crippen LogP contribution < -0.4 is 10.5 Å². The van der Waals surface area contributed by atoms with Crippen molar-refractivity contribution in [3.8, 4) is 0 Å². The number of nitrogens with one attached hydrogen (secondary N) is 1. The molecule has 0 aliphatic heterocycles. The molecule has 1 aromatic carbocycles. The quantitative estimate of drug-likeness (QED) is 0.730. The average Bonchev–Trinajstić information content (AvgIpc) is 2.18. The Bertz CT molecular complexity index is 572. The Hall–Kier alpha value is -1.11. The fraction of sp³-hybridized carbons (Fsp3) is 0.538. The summed E-state index contributed by atoms with van der Waals surface area (Å²) in [5.74, 6) is 0. The number of nitrogen functional groups attached to an aromatic ring is 1. The zero-order chi connectivity index (χ0) is 15.1. The van der Waals surface area contributed by atoms with Crippen molar-refractivity contribution in [2.24, 2.45) is 0 Å². The van der Waals surface area contributed by atoms with Crippen LogP contribution in [0.4, 0.5) is 5.69 Å². The van der Waals surface area contributed by atoms with E-state index in [1.54, 1.807) is 40.7 Å². The highest BCUT2D eigenvalue weighted by atomic mass is 32.2. The SMILES string of the molecule is Cc1cc(S(=O)(=O)NC(C)(C)C(C)(C)O)ccc1N. The van der Waals surface area contributed by atoms with Crippen molar-refractivity contribution < 1.29 is 13.5 Å². The molecule has 5 nitrogen and oxygen atoms in total. The minimum absolute atomic E-state index is 0.136. The molecule has 0 fully saturated rings. The molecule has 0 saturated heterocycles. The largest absolute Gasteiger partial charge is 0.399 e. The predicted molar refractivity (Wildman–Crippen MR) is 76.3 cm³/mol. The van der Waals surface area contributed by atoms with Gasteiger partial charge in [-0.3, -0.25) is 0 Å². The first-order valence-electron chi connectivity index (χ1n) is 5.99. The lowest BCUT2D eigenvalue weighted by Crippen LogP contribution is -2.57. The average molecular weight is 286 g/mol. The maximum Gasteiger partial charge on any atom is 0.241 e. The number of aryl methyl sites for hydroxylation is 1. The normalized spacial score (nSPS) is 13.6. The molecule has 108 valence electrons. The van der Waals surface area contributed by atoms with Gasteiger partial charge in [0.1, 0.15) is 0 Å². The second-order valence-corrected chi connectivity index (χ2v) is 7.49. The van der Waals surface area contributed by atoms with E-state index >= 15 is 0 Å².